The van der Waals surface area contributed by atoms with Crippen molar-refractivity contribution in [1.82, 2.24) is 10.2 Å². The van der Waals surface area contributed by atoms with E-state index in [1.54, 1.807) is 42.3 Å². The number of hydrogen-bond acceptors (Lipinski definition) is 5. The second-order valence-corrected chi connectivity index (χ2v) is 9.56. The van der Waals surface area contributed by atoms with E-state index in [-0.39, 0.29) is 22.6 Å². The van der Waals surface area contributed by atoms with Gasteiger partial charge in [0.05, 0.1) is 17.4 Å². The molecule has 3 rings (SSSR count). The number of piperidine rings is 1. The Bertz CT molecular complexity index is 1050. The third-order valence-electron chi connectivity index (χ3n) is 5.38. The number of sulfonamides is 1. The summed E-state index contributed by atoms with van der Waals surface area (Å²) in [4.78, 5) is 27.2. The molecule has 0 aliphatic carbocycles. The van der Waals surface area contributed by atoms with Gasteiger partial charge in [0.15, 0.2) is 0 Å². The van der Waals surface area contributed by atoms with Crippen molar-refractivity contribution in [3.05, 3.63) is 59.7 Å². The van der Waals surface area contributed by atoms with Gasteiger partial charge in [-0.15, -0.1) is 0 Å². The minimum absolute atomic E-state index is 0.0841. The van der Waals surface area contributed by atoms with Crippen molar-refractivity contribution >= 4 is 27.5 Å². The largest absolute Gasteiger partial charge is 0.383 e. The first-order valence-electron chi connectivity index (χ1n) is 10.6. The van der Waals surface area contributed by atoms with Gasteiger partial charge in [-0.05, 0) is 50.1 Å². The van der Waals surface area contributed by atoms with Crippen LogP contribution < -0.4 is 10.0 Å². The lowest BCUT2D eigenvalue weighted by atomic mass is 9.96. The number of hydrogen-bond donors (Lipinski definition) is 2. The highest BCUT2D eigenvalue weighted by Gasteiger charge is 2.29. The molecule has 0 radical (unpaired) electrons. The van der Waals surface area contributed by atoms with Crippen LogP contribution in [0.1, 0.15) is 28.8 Å². The van der Waals surface area contributed by atoms with Gasteiger partial charge >= 0.3 is 0 Å². The molecule has 1 heterocycles. The molecule has 0 unspecified atom stereocenters. The highest BCUT2D eigenvalue weighted by molar-refractivity contribution is 7.92. The average Bonchev–Trinajstić information content (AvgIpc) is 2.79. The van der Waals surface area contributed by atoms with Gasteiger partial charge in [-0.1, -0.05) is 23.8 Å². The second-order valence-electron chi connectivity index (χ2n) is 7.87. The van der Waals surface area contributed by atoms with E-state index in [4.69, 9.17) is 4.74 Å². The van der Waals surface area contributed by atoms with Crippen molar-refractivity contribution in [2.75, 3.05) is 38.1 Å². The molecule has 1 aliphatic heterocycles. The van der Waals surface area contributed by atoms with E-state index in [0.717, 1.165) is 18.4 Å². The number of nitrogens with zero attached hydrogens (tertiary/aromatic N) is 1. The third kappa shape index (κ3) is 6.08. The first-order valence-corrected chi connectivity index (χ1v) is 12.0. The Morgan fingerprint density at radius 1 is 1.16 bits per heavy atom. The molecule has 0 saturated carbocycles. The van der Waals surface area contributed by atoms with Gasteiger partial charge in [-0.25, -0.2) is 8.42 Å². The molecule has 1 saturated heterocycles. The lowest BCUT2D eigenvalue weighted by molar-refractivity contribution is -0.126. The maximum atomic E-state index is 13.1. The van der Waals surface area contributed by atoms with E-state index in [2.05, 4.69) is 10.0 Å². The van der Waals surface area contributed by atoms with Gasteiger partial charge in [0.25, 0.3) is 15.9 Å². The maximum absolute atomic E-state index is 13.1. The van der Waals surface area contributed by atoms with Gasteiger partial charge in [0.1, 0.15) is 0 Å². The Hall–Kier alpha value is -2.91. The summed E-state index contributed by atoms with van der Waals surface area (Å²) in [6.45, 7) is 3.64. The molecule has 9 heteroatoms. The van der Waals surface area contributed by atoms with Gasteiger partial charge in [0, 0.05) is 38.0 Å². The maximum Gasteiger partial charge on any atom is 0.261 e. The first-order chi connectivity index (χ1) is 15.3. The van der Waals surface area contributed by atoms with Crippen molar-refractivity contribution in [2.24, 2.45) is 5.92 Å². The molecule has 2 aromatic rings. The van der Waals surface area contributed by atoms with Gasteiger partial charge in [-0.2, -0.15) is 0 Å². The number of rotatable bonds is 8. The minimum Gasteiger partial charge on any atom is -0.383 e. The van der Waals surface area contributed by atoms with E-state index in [0.29, 0.717) is 37.5 Å². The quantitative estimate of drug-likeness (QED) is 0.590. The molecule has 1 atom stereocenters. The number of ether oxygens (including phenoxy) is 1. The summed E-state index contributed by atoms with van der Waals surface area (Å²) in [5.41, 5.74) is 1.64. The summed E-state index contributed by atoms with van der Waals surface area (Å²) in [5, 5.41) is 2.83. The van der Waals surface area contributed by atoms with Crippen molar-refractivity contribution in [3.8, 4) is 0 Å². The van der Waals surface area contributed by atoms with Crippen LogP contribution in [0.15, 0.2) is 53.4 Å². The lowest BCUT2D eigenvalue weighted by Crippen LogP contribution is -2.45. The van der Waals surface area contributed by atoms with Crippen molar-refractivity contribution < 1.29 is 22.7 Å². The number of likely N-dealkylation sites (tertiary alicyclic amines) is 1. The highest BCUT2D eigenvalue weighted by atomic mass is 32.2. The van der Waals surface area contributed by atoms with E-state index >= 15 is 0 Å². The molecule has 2 aromatic carbocycles. The molecule has 1 fully saturated rings. The topological polar surface area (TPSA) is 105 Å². The molecule has 172 valence electrons. The summed E-state index contributed by atoms with van der Waals surface area (Å²) in [5.74, 6) is -0.581. The van der Waals surface area contributed by atoms with Crippen LogP contribution in [0, 0.1) is 12.8 Å². The molecule has 8 nitrogen and oxygen atoms in total. The van der Waals surface area contributed by atoms with Crippen LogP contribution in [0.2, 0.25) is 0 Å². The van der Waals surface area contributed by atoms with Crippen molar-refractivity contribution in [2.45, 2.75) is 24.7 Å². The monoisotopic (exact) mass is 459 g/mol. The number of methoxy groups -OCH3 is 1. The van der Waals surface area contributed by atoms with Crippen molar-refractivity contribution in [1.29, 1.82) is 0 Å². The number of nitrogens with one attached hydrogen (secondary N) is 2. The summed E-state index contributed by atoms with van der Waals surface area (Å²) < 4.78 is 32.8. The Morgan fingerprint density at radius 2 is 1.91 bits per heavy atom. The normalized spacial score (nSPS) is 16.4. The number of benzene rings is 2. The molecule has 2 N–H and O–H groups in total. The molecule has 0 spiro atoms. The molecule has 0 bridgehead atoms. The Morgan fingerprint density at radius 3 is 2.62 bits per heavy atom. The number of amides is 2. The zero-order valence-electron chi connectivity index (χ0n) is 18.3. The number of anilines is 1. The Kier molecular flexibility index (Phi) is 7.87. The van der Waals surface area contributed by atoms with E-state index in [9.17, 15) is 18.0 Å². The molecule has 1 aliphatic rings. The van der Waals surface area contributed by atoms with E-state index in [1.165, 1.54) is 18.2 Å². The van der Waals surface area contributed by atoms with Crippen LogP contribution in [-0.2, 0) is 19.6 Å². The zero-order chi connectivity index (χ0) is 23.1. The molecular formula is C23H29N3O5S. The third-order valence-corrected chi connectivity index (χ3v) is 6.78. The fraction of sp³-hybridized carbons (Fsp3) is 0.391. The van der Waals surface area contributed by atoms with E-state index in [1.807, 2.05) is 6.92 Å². The molecule has 32 heavy (non-hydrogen) atoms. The van der Waals surface area contributed by atoms with Crippen LogP contribution in [0.25, 0.3) is 0 Å². The smallest absolute Gasteiger partial charge is 0.261 e. The van der Waals surface area contributed by atoms with Crippen LogP contribution in [0.5, 0.6) is 0 Å². The Labute approximate surface area is 189 Å². The highest BCUT2D eigenvalue weighted by Crippen LogP contribution is 2.22. The Balaban J connectivity index is 1.68. The predicted octanol–water partition coefficient (Wildman–Crippen LogP) is 2.41. The summed E-state index contributed by atoms with van der Waals surface area (Å²) in [7, 11) is -2.20. The van der Waals surface area contributed by atoms with E-state index < -0.39 is 10.0 Å². The van der Waals surface area contributed by atoms with Crippen LogP contribution in [-0.4, -0.2) is 58.5 Å². The standard InChI is InChI=1S/C23H29N3O5S/c1-17-8-10-21(11-9-17)32(29,30)25-20-7-3-5-18(15-20)23(28)26-13-4-6-19(16-26)22(27)24-12-14-31-2/h3,5,7-11,15,19,25H,4,6,12-14,16H2,1-2H3,(H,24,27)/t19-/m1/s1. The van der Waals surface area contributed by atoms with Gasteiger partial charge in [0.2, 0.25) is 5.91 Å². The molecule has 0 aromatic heterocycles. The van der Waals surface area contributed by atoms with Gasteiger partial charge in [-0.3, -0.25) is 14.3 Å². The second kappa shape index (κ2) is 10.6. The van der Waals surface area contributed by atoms with Crippen LogP contribution in [0.3, 0.4) is 0 Å². The number of carbonyl (C=O) groups is 2. The minimum atomic E-state index is -3.77. The van der Waals surface area contributed by atoms with Crippen LogP contribution >= 0.6 is 0 Å². The predicted molar refractivity (Wildman–Crippen MR) is 122 cm³/mol. The SMILES string of the molecule is COCCNC(=O)[C@@H]1CCCN(C(=O)c2cccc(NS(=O)(=O)c3ccc(C)cc3)c2)C1. The molecular weight excluding hydrogens is 430 g/mol. The summed E-state index contributed by atoms with van der Waals surface area (Å²) in [6, 6.07) is 12.9. The van der Waals surface area contributed by atoms with Crippen molar-refractivity contribution in [3.63, 3.8) is 0 Å². The summed E-state index contributed by atoms with van der Waals surface area (Å²) >= 11 is 0. The lowest BCUT2D eigenvalue weighted by Gasteiger charge is -2.32. The number of aryl methyl sites for hydroxylation is 1. The fourth-order valence-electron chi connectivity index (χ4n) is 3.63. The average molecular weight is 460 g/mol. The fourth-order valence-corrected chi connectivity index (χ4v) is 4.68. The van der Waals surface area contributed by atoms with Gasteiger partial charge < -0.3 is 15.0 Å². The first kappa shape index (κ1) is 23.7. The number of carbonyl (C=O) groups excluding carboxylic acids is 2. The van der Waals surface area contributed by atoms with Crippen LogP contribution in [0.4, 0.5) is 5.69 Å². The molecule has 2 amide bonds. The zero-order valence-corrected chi connectivity index (χ0v) is 19.2. The summed E-state index contributed by atoms with van der Waals surface area (Å²) in [6.07, 6.45) is 1.45.